The van der Waals surface area contributed by atoms with Gasteiger partial charge in [0.05, 0.1) is 5.60 Å². The Morgan fingerprint density at radius 2 is 2.00 bits per heavy atom. The third-order valence-electron chi connectivity index (χ3n) is 4.13. The van der Waals surface area contributed by atoms with Crippen LogP contribution in [0.3, 0.4) is 0 Å². The predicted octanol–water partition coefficient (Wildman–Crippen LogP) is 4.01. The molecule has 1 N–H and O–H groups in total. The van der Waals surface area contributed by atoms with Gasteiger partial charge in [-0.15, -0.1) is 0 Å². The zero-order chi connectivity index (χ0) is 13.4. The average Bonchev–Trinajstić information content (AvgIpc) is 2.20. The number of halogens is 1. The molecule has 100 valence electrons. The highest BCUT2D eigenvalue weighted by Gasteiger charge is 2.38. The molecular weight excluding hydrogens is 227 g/mol. The molecule has 0 radical (unpaired) electrons. The minimum Gasteiger partial charge on any atom is -0.390 e. The summed E-state index contributed by atoms with van der Waals surface area (Å²) in [7, 11) is 0. The maximum absolute atomic E-state index is 13.1. The van der Waals surface area contributed by atoms with Gasteiger partial charge in [0.15, 0.2) is 0 Å². The van der Waals surface area contributed by atoms with Crippen molar-refractivity contribution in [3.63, 3.8) is 0 Å². The van der Waals surface area contributed by atoms with Crippen molar-refractivity contribution in [2.45, 2.75) is 58.5 Å². The SMILES string of the molecule is Cc1cc(F)ccc1CC1(O)CCCC(C)(C)C1. The lowest BCUT2D eigenvalue weighted by atomic mass is 9.68. The van der Waals surface area contributed by atoms with Crippen LogP contribution in [0.15, 0.2) is 18.2 Å². The van der Waals surface area contributed by atoms with Crippen LogP contribution in [0.5, 0.6) is 0 Å². The van der Waals surface area contributed by atoms with Gasteiger partial charge in [-0.1, -0.05) is 26.3 Å². The second-order valence-electron chi connectivity index (χ2n) is 6.67. The number of hydrogen-bond acceptors (Lipinski definition) is 1. The Morgan fingerprint density at radius 3 is 2.61 bits per heavy atom. The van der Waals surface area contributed by atoms with Crippen molar-refractivity contribution in [2.75, 3.05) is 0 Å². The van der Waals surface area contributed by atoms with Crippen LogP contribution in [-0.4, -0.2) is 10.7 Å². The first kappa shape index (κ1) is 13.5. The van der Waals surface area contributed by atoms with Crippen LogP contribution in [0.25, 0.3) is 0 Å². The molecule has 0 aliphatic heterocycles. The third-order valence-corrected chi connectivity index (χ3v) is 4.13. The van der Waals surface area contributed by atoms with Crippen molar-refractivity contribution >= 4 is 0 Å². The van der Waals surface area contributed by atoms with E-state index < -0.39 is 5.60 Å². The topological polar surface area (TPSA) is 20.2 Å². The lowest BCUT2D eigenvalue weighted by Crippen LogP contribution is -2.40. The van der Waals surface area contributed by atoms with Crippen molar-refractivity contribution in [3.8, 4) is 0 Å². The summed E-state index contributed by atoms with van der Waals surface area (Å²) >= 11 is 0. The minimum atomic E-state index is -0.621. The first-order chi connectivity index (χ1) is 8.30. The summed E-state index contributed by atoms with van der Waals surface area (Å²) in [5, 5.41) is 10.8. The summed E-state index contributed by atoms with van der Waals surface area (Å²) in [6.45, 7) is 6.35. The zero-order valence-electron chi connectivity index (χ0n) is 11.6. The molecule has 2 rings (SSSR count). The number of rotatable bonds is 2. The van der Waals surface area contributed by atoms with Crippen LogP contribution < -0.4 is 0 Å². The van der Waals surface area contributed by atoms with Gasteiger partial charge < -0.3 is 5.11 Å². The van der Waals surface area contributed by atoms with Crippen molar-refractivity contribution in [2.24, 2.45) is 5.41 Å². The molecular formula is C16H23FO. The van der Waals surface area contributed by atoms with E-state index in [0.717, 1.165) is 30.4 Å². The highest BCUT2D eigenvalue weighted by Crippen LogP contribution is 2.42. The number of hydrogen-bond donors (Lipinski definition) is 1. The highest BCUT2D eigenvalue weighted by atomic mass is 19.1. The maximum Gasteiger partial charge on any atom is 0.123 e. The second-order valence-corrected chi connectivity index (χ2v) is 6.67. The molecule has 0 amide bonds. The van der Waals surface area contributed by atoms with Gasteiger partial charge >= 0.3 is 0 Å². The van der Waals surface area contributed by atoms with Crippen LogP contribution in [0.4, 0.5) is 4.39 Å². The van der Waals surface area contributed by atoms with Crippen molar-refractivity contribution in [1.29, 1.82) is 0 Å². The molecule has 18 heavy (non-hydrogen) atoms. The molecule has 1 aliphatic carbocycles. The fourth-order valence-corrected chi connectivity index (χ4v) is 3.33. The standard InChI is InChI=1S/C16H23FO/c1-12-9-14(17)6-5-13(12)10-16(18)8-4-7-15(2,3)11-16/h5-6,9,18H,4,7-8,10-11H2,1-3H3. The van der Waals surface area contributed by atoms with Crippen LogP contribution in [0.2, 0.25) is 0 Å². The van der Waals surface area contributed by atoms with Crippen molar-refractivity contribution < 1.29 is 9.50 Å². The Kier molecular flexibility index (Phi) is 3.50. The van der Waals surface area contributed by atoms with E-state index in [1.54, 1.807) is 6.07 Å². The molecule has 1 atom stereocenters. The van der Waals surface area contributed by atoms with Crippen molar-refractivity contribution in [3.05, 3.63) is 35.1 Å². The first-order valence-electron chi connectivity index (χ1n) is 6.77. The van der Waals surface area contributed by atoms with E-state index in [1.165, 1.54) is 12.5 Å². The van der Waals surface area contributed by atoms with E-state index >= 15 is 0 Å². The fourth-order valence-electron chi connectivity index (χ4n) is 3.33. The van der Waals surface area contributed by atoms with Crippen LogP contribution in [-0.2, 0) is 6.42 Å². The van der Waals surface area contributed by atoms with Crippen molar-refractivity contribution in [1.82, 2.24) is 0 Å². The molecule has 1 aromatic rings. The molecule has 0 aromatic heterocycles. The highest BCUT2D eigenvalue weighted by molar-refractivity contribution is 5.28. The molecule has 1 fully saturated rings. The number of aryl methyl sites for hydroxylation is 1. The van der Waals surface area contributed by atoms with Gasteiger partial charge in [-0.3, -0.25) is 0 Å². The second kappa shape index (κ2) is 4.65. The van der Waals surface area contributed by atoms with Gasteiger partial charge in [0.1, 0.15) is 5.82 Å². The Labute approximate surface area is 109 Å². The quantitative estimate of drug-likeness (QED) is 0.841. The molecule has 1 unspecified atom stereocenters. The molecule has 1 aliphatic rings. The summed E-state index contributed by atoms with van der Waals surface area (Å²) in [5.41, 5.74) is 1.59. The van der Waals surface area contributed by atoms with Gasteiger partial charge in [-0.05, 0) is 54.9 Å². The van der Waals surface area contributed by atoms with E-state index in [9.17, 15) is 9.50 Å². The summed E-state index contributed by atoms with van der Waals surface area (Å²) in [4.78, 5) is 0. The monoisotopic (exact) mass is 250 g/mol. The van der Waals surface area contributed by atoms with Gasteiger partial charge in [0.25, 0.3) is 0 Å². The van der Waals surface area contributed by atoms with Gasteiger partial charge in [-0.25, -0.2) is 4.39 Å². The lowest BCUT2D eigenvalue weighted by molar-refractivity contribution is -0.0383. The molecule has 1 nitrogen and oxygen atoms in total. The molecule has 0 saturated heterocycles. The van der Waals surface area contributed by atoms with E-state index in [0.29, 0.717) is 6.42 Å². The molecule has 0 spiro atoms. The summed E-state index contributed by atoms with van der Waals surface area (Å²) in [5.74, 6) is -0.202. The smallest absolute Gasteiger partial charge is 0.123 e. The third kappa shape index (κ3) is 3.11. The van der Waals surface area contributed by atoms with E-state index in [-0.39, 0.29) is 11.2 Å². The lowest BCUT2D eigenvalue weighted by Gasteiger charge is -2.42. The normalized spacial score (nSPS) is 27.2. The van der Waals surface area contributed by atoms with E-state index in [2.05, 4.69) is 13.8 Å². The Bertz CT molecular complexity index is 439. The van der Waals surface area contributed by atoms with Crippen LogP contribution in [0.1, 0.15) is 50.7 Å². The molecule has 1 aromatic carbocycles. The average molecular weight is 250 g/mol. The summed E-state index contributed by atoms with van der Waals surface area (Å²) in [6.07, 6.45) is 4.58. The molecule has 0 bridgehead atoms. The first-order valence-corrected chi connectivity index (χ1v) is 6.77. The van der Waals surface area contributed by atoms with Gasteiger partial charge in [-0.2, -0.15) is 0 Å². The summed E-state index contributed by atoms with van der Waals surface area (Å²) in [6, 6.07) is 4.84. The largest absolute Gasteiger partial charge is 0.390 e. The predicted molar refractivity (Wildman–Crippen MR) is 72.0 cm³/mol. The molecule has 2 heteroatoms. The van der Waals surface area contributed by atoms with E-state index in [4.69, 9.17) is 0 Å². The molecule has 1 saturated carbocycles. The minimum absolute atomic E-state index is 0.202. The molecule has 0 heterocycles. The van der Waals surface area contributed by atoms with Gasteiger partial charge in [0, 0.05) is 6.42 Å². The van der Waals surface area contributed by atoms with E-state index in [1.807, 2.05) is 13.0 Å². The number of benzene rings is 1. The van der Waals surface area contributed by atoms with Crippen LogP contribution in [0, 0.1) is 18.2 Å². The maximum atomic E-state index is 13.1. The zero-order valence-corrected chi connectivity index (χ0v) is 11.6. The Hall–Kier alpha value is -0.890. The summed E-state index contributed by atoms with van der Waals surface area (Å²) < 4.78 is 13.1. The van der Waals surface area contributed by atoms with Gasteiger partial charge in [0.2, 0.25) is 0 Å². The Morgan fingerprint density at radius 1 is 1.28 bits per heavy atom. The van der Waals surface area contributed by atoms with Crippen LogP contribution >= 0.6 is 0 Å². The Balaban J connectivity index is 2.17. The fraction of sp³-hybridized carbons (Fsp3) is 0.625. The number of aliphatic hydroxyl groups is 1.